The minimum Gasteiger partial charge on any atom is -0.481 e. The molecular weight excluding hydrogens is 302 g/mol. The summed E-state index contributed by atoms with van der Waals surface area (Å²) in [6, 6.07) is 10.6. The Hall–Kier alpha value is -2.34. The number of ether oxygens (including phenoxy) is 1. The molecule has 1 aliphatic rings. The van der Waals surface area contributed by atoms with Crippen LogP contribution in [0.25, 0.3) is 0 Å². The SMILES string of the molecule is O=C(O)C[C@@H](NC(=O)[C@H]1Cc2ccccc2O1)c1cccs1. The van der Waals surface area contributed by atoms with Crippen molar-refractivity contribution in [3.63, 3.8) is 0 Å². The number of aliphatic carboxylic acids is 1. The van der Waals surface area contributed by atoms with E-state index in [1.165, 1.54) is 11.3 Å². The van der Waals surface area contributed by atoms with Crippen LogP contribution in [-0.2, 0) is 16.0 Å². The summed E-state index contributed by atoms with van der Waals surface area (Å²) in [7, 11) is 0. The van der Waals surface area contributed by atoms with Gasteiger partial charge in [0.1, 0.15) is 5.75 Å². The Morgan fingerprint density at radius 1 is 1.32 bits per heavy atom. The van der Waals surface area contributed by atoms with Crippen LogP contribution in [0.15, 0.2) is 41.8 Å². The van der Waals surface area contributed by atoms with Gasteiger partial charge in [0.2, 0.25) is 0 Å². The molecule has 2 heterocycles. The molecule has 0 unspecified atom stereocenters. The molecule has 0 bridgehead atoms. The number of hydrogen-bond donors (Lipinski definition) is 2. The number of thiophene rings is 1. The molecule has 1 aromatic heterocycles. The molecule has 2 atom stereocenters. The Labute approximate surface area is 131 Å². The fourth-order valence-corrected chi connectivity index (χ4v) is 3.26. The van der Waals surface area contributed by atoms with Crippen LogP contribution >= 0.6 is 11.3 Å². The Bertz CT molecular complexity index is 658. The van der Waals surface area contributed by atoms with Crippen LogP contribution in [0.5, 0.6) is 5.75 Å². The van der Waals surface area contributed by atoms with Crippen LogP contribution in [0.2, 0.25) is 0 Å². The second-order valence-electron chi connectivity index (χ2n) is 5.09. The molecule has 6 heteroatoms. The van der Waals surface area contributed by atoms with Gasteiger partial charge in [-0.3, -0.25) is 9.59 Å². The minimum atomic E-state index is -0.950. The Kier molecular flexibility index (Phi) is 4.11. The van der Waals surface area contributed by atoms with E-state index in [1.54, 1.807) is 0 Å². The first-order valence-corrected chi connectivity index (χ1v) is 7.81. The van der Waals surface area contributed by atoms with E-state index in [4.69, 9.17) is 9.84 Å². The lowest BCUT2D eigenvalue weighted by atomic mass is 10.1. The maximum atomic E-state index is 12.4. The lowest BCUT2D eigenvalue weighted by Gasteiger charge is -2.18. The highest BCUT2D eigenvalue weighted by Crippen LogP contribution is 2.29. The molecular formula is C16H15NO4S. The van der Waals surface area contributed by atoms with Gasteiger partial charge in [0.25, 0.3) is 5.91 Å². The number of hydrogen-bond acceptors (Lipinski definition) is 4. The number of amides is 1. The van der Waals surface area contributed by atoms with E-state index in [9.17, 15) is 9.59 Å². The molecule has 1 aliphatic heterocycles. The zero-order chi connectivity index (χ0) is 15.5. The molecule has 0 aliphatic carbocycles. The van der Waals surface area contributed by atoms with E-state index in [0.717, 1.165) is 10.4 Å². The molecule has 0 spiro atoms. The molecule has 22 heavy (non-hydrogen) atoms. The summed E-state index contributed by atoms with van der Waals surface area (Å²) in [5.41, 5.74) is 0.994. The predicted octanol–water partition coefficient (Wildman–Crippen LogP) is 2.38. The van der Waals surface area contributed by atoms with Crippen LogP contribution in [0.3, 0.4) is 0 Å². The van der Waals surface area contributed by atoms with Crippen molar-refractivity contribution in [2.24, 2.45) is 0 Å². The van der Waals surface area contributed by atoms with Crippen LogP contribution in [0.4, 0.5) is 0 Å². The van der Waals surface area contributed by atoms with Gasteiger partial charge < -0.3 is 15.2 Å². The number of nitrogens with one attached hydrogen (secondary N) is 1. The first kappa shape index (κ1) is 14.6. The number of benzene rings is 1. The molecule has 114 valence electrons. The number of fused-ring (bicyclic) bond motifs is 1. The van der Waals surface area contributed by atoms with Crippen molar-refractivity contribution in [3.8, 4) is 5.75 Å². The number of carbonyl (C=O) groups is 2. The average molecular weight is 317 g/mol. The first-order valence-electron chi connectivity index (χ1n) is 6.93. The number of rotatable bonds is 5. The molecule has 2 aromatic rings. The van der Waals surface area contributed by atoms with Gasteiger partial charge in [0, 0.05) is 11.3 Å². The van der Waals surface area contributed by atoms with Gasteiger partial charge in [0.15, 0.2) is 6.10 Å². The number of para-hydroxylation sites is 1. The van der Waals surface area contributed by atoms with Crippen LogP contribution < -0.4 is 10.1 Å². The maximum Gasteiger partial charge on any atom is 0.305 e. The number of carboxylic acid groups (broad SMARTS) is 1. The highest BCUT2D eigenvalue weighted by Gasteiger charge is 2.31. The first-order chi connectivity index (χ1) is 10.6. The van der Waals surface area contributed by atoms with Gasteiger partial charge in [-0.25, -0.2) is 0 Å². The fraction of sp³-hybridized carbons (Fsp3) is 0.250. The summed E-state index contributed by atoms with van der Waals surface area (Å²) in [4.78, 5) is 24.2. The Balaban J connectivity index is 1.69. The van der Waals surface area contributed by atoms with Crippen molar-refractivity contribution in [2.75, 3.05) is 0 Å². The Morgan fingerprint density at radius 2 is 2.14 bits per heavy atom. The summed E-state index contributed by atoms with van der Waals surface area (Å²) in [5.74, 6) is -0.515. The molecule has 0 saturated carbocycles. The average Bonchev–Trinajstić information content (AvgIpc) is 3.15. The van der Waals surface area contributed by atoms with Gasteiger partial charge in [-0.15, -0.1) is 11.3 Å². The lowest BCUT2D eigenvalue weighted by Crippen LogP contribution is -2.40. The zero-order valence-corrected chi connectivity index (χ0v) is 12.5. The molecule has 2 N–H and O–H groups in total. The predicted molar refractivity (Wildman–Crippen MR) is 82.0 cm³/mol. The third-order valence-electron chi connectivity index (χ3n) is 3.52. The number of carbonyl (C=O) groups excluding carboxylic acids is 1. The van der Waals surface area contributed by atoms with Crippen molar-refractivity contribution in [1.82, 2.24) is 5.32 Å². The van der Waals surface area contributed by atoms with E-state index in [1.807, 2.05) is 41.8 Å². The van der Waals surface area contributed by atoms with Crippen molar-refractivity contribution >= 4 is 23.2 Å². The second-order valence-corrected chi connectivity index (χ2v) is 6.07. The molecule has 5 nitrogen and oxygen atoms in total. The third kappa shape index (κ3) is 3.12. The molecule has 0 saturated heterocycles. The smallest absolute Gasteiger partial charge is 0.305 e. The summed E-state index contributed by atoms with van der Waals surface area (Å²) >= 11 is 1.43. The van der Waals surface area contributed by atoms with Gasteiger partial charge in [-0.2, -0.15) is 0 Å². The van der Waals surface area contributed by atoms with Gasteiger partial charge in [-0.05, 0) is 23.1 Å². The van der Waals surface area contributed by atoms with Crippen molar-refractivity contribution in [2.45, 2.75) is 25.0 Å². The van der Waals surface area contributed by atoms with Crippen molar-refractivity contribution in [1.29, 1.82) is 0 Å². The van der Waals surface area contributed by atoms with E-state index < -0.39 is 18.1 Å². The number of carboxylic acids is 1. The lowest BCUT2D eigenvalue weighted by molar-refractivity contribution is -0.138. The molecule has 1 amide bonds. The van der Waals surface area contributed by atoms with Crippen LogP contribution in [-0.4, -0.2) is 23.1 Å². The molecule has 0 fully saturated rings. The third-order valence-corrected chi connectivity index (χ3v) is 4.51. The van der Waals surface area contributed by atoms with E-state index in [2.05, 4.69) is 5.32 Å². The topological polar surface area (TPSA) is 75.6 Å². The molecule has 0 radical (unpaired) electrons. The summed E-state index contributed by atoms with van der Waals surface area (Å²) in [6.07, 6.45) is -0.244. The van der Waals surface area contributed by atoms with Gasteiger partial charge in [0.05, 0.1) is 12.5 Å². The highest BCUT2D eigenvalue weighted by molar-refractivity contribution is 7.10. The standard InChI is InChI=1S/C16H15NO4S/c18-15(19)9-11(14-6-3-7-22-14)17-16(20)13-8-10-4-1-2-5-12(10)21-13/h1-7,11,13H,8-9H2,(H,17,20)(H,18,19)/t11-,13-/m1/s1. The van der Waals surface area contributed by atoms with Crippen molar-refractivity contribution in [3.05, 3.63) is 52.2 Å². The van der Waals surface area contributed by atoms with Gasteiger partial charge >= 0.3 is 5.97 Å². The second kappa shape index (κ2) is 6.19. The quantitative estimate of drug-likeness (QED) is 0.888. The Morgan fingerprint density at radius 3 is 2.82 bits per heavy atom. The maximum absolute atomic E-state index is 12.4. The van der Waals surface area contributed by atoms with E-state index >= 15 is 0 Å². The van der Waals surface area contributed by atoms with Gasteiger partial charge in [-0.1, -0.05) is 24.3 Å². The normalized spacial score (nSPS) is 17.4. The molecule has 3 rings (SSSR count). The monoisotopic (exact) mass is 317 g/mol. The van der Waals surface area contributed by atoms with Crippen LogP contribution in [0, 0.1) is 0 Å². The van der Waals surface area contributed by atoms with E-state index in [-0.39, 0.29) is 12.3 Å². The summed E-state index contributed by atoms with van der Waals surface area (Å²) in [6.45, 7) is 0. The van der Waals surface area contributed by atoms with Crippen molar-refractivity contribution < 1.29 is 19.4 Å². The molecule has 1 aromatic carbocycles. The highest BCUT2D eigenvalue weighted by atomic mass is 32.1. The van der Waals surface area contributed by atoms with E-state index in [0.29, 0.717) is 12.2 Å². The summed E-state index contributed by atoms with van der Waals surface area (Å²) < 4.78 is 5.64. The fourth-order valence-electron chi connectivity index (χ4n) is 2.48. The zero-order valence-electron chi connectivity index (χ0n) is 11.7. The minimum absolute atomic E-state index is 0.147. The van der Waals surface area contributed by atoms with Crippen LogP contribution in [0.1, 0.15) is 22.9 Å². The summed E-state index contributed by atoms with van der Waals surface area (Å²) in [5, 5.41) is 13.7. The largest absolute Gasteiger partial charge is 0.481 e.